The molecule has 9 heteroatoms. The van der Waals surface area contributed by atoms with Gasteiger partial charge < -0.3 is 4.74 Å². The fraction of sp³-hybridized carbons (Fsp3) is 0.222. The highest BCUT2D eigenvalue weighted by Gasteiger charge is 2.47. The van der Waals surface area contributed by atoms with Crippen molar-refractivity contribution in [1.29, 1.82) is 0 Å². The van der Waals surface area contributed by atoms with Crippen LogP contribution >= 0.6 is 11.6 Å². The Morgan fingerprint density at radius 2 is 1.89 bits per heavy atom. The van der Waals surface area contributed by atoms with Crippen LogP contribution in [0.3, 0.4) is 0 Å². The summed E-state index contributed by atoms with van der Waals surface area (Å²) >= 11 is 5.43. The Kier molecular flexibility index (Phi) is 3.92. The van der Waals surface area contributed by atoms with Gasteiger partial charge in [0.2, 0.25) is 0 Å². The SMILES string of the molecule is CC(=O)Oc1ccc(S(=O)(=O)C(F)(F)F)c(Cl)c1. The van der Waals surface area contributed by atoms with Crippen molar-refractivity contribution in [2.45, 2.75) is 17.3 Å². The number of ether oxygens (including phenoxy) is 1. The fourth-order valence-corrected chi connectivity index (χ4v) is 2.34. The third-order valence-electron chi connectivity index (χ3n) is 1.76. The third kappa shape index (κ3) is 2.94. The van der Waals surface area contributed by atoms with E-state index in [0.29, 0.717) is 6.07 Å². The first kappa shape index (κ1) is 14.8. The predicted octanol–water partition coefficient (Wildman–Crippen LogP) is 2.56. The summed E-state index contributed by atoms with van der Waals surface area (Å²) in [6, 6.07) is 2.36. The number of hydrogen-bond donors (Lipinski definition) is 0. The van der Waals surface area contributed by atoms with E-state index in [1.807, 2.05) is 0 Å². The van der Waals surface area contributed by atoms with Crippen LogP contribution in [-0.4, -0.2) is 19.9 Å². The zero-order valence-electron chi connectivity index (χ0n) is 8.79. The van der Waals surface area contributed by atoms with Crippen molar-refractivity contribution in [2.24, 2.45) is 0 Å². The largest absolute Gasteiger partial charge is 0.501 e. The number of carbonyl (C=O) groups excluding carboxylic acids is 1. The number of halogens is 4. The highest BCUT2D eigenvalue weighted by molar-refractivity contribution is 7.92. The van der Waals surface area contributed by atoms with Gasteiger partial charge in [-0.05, 0) is 12.1 Å². The molecule has 100 valence electrons. The summed E-state index contributed by atoms with van der Waals surface area (Å²) < 4.78 is 63.6. The monoisotopic (exact) mass is 302 g/mol. The molecule has 0 atom stereocenters. The van der Waals surface area contributed by atoms with Gasteiger partial charge in [-0.2, -0.15) is 13.2 Å². The number of sulfone groups is 1. The maximum Gasteiger partial charge on any atom is 0.501 e. The van der Waals surface area contributed by atoms with E-state index in [1.165, 1.54) is 0 Å². The summed E-state index contributed by atoms with van der Waals surface area (Å²) in [5, 5.41) is -0.675. The quantitative estimate of drug-likeness (QED) is 0.622. The molecule has 0 spiro atoms. The Bertz CT molecular complexity index is 580. The Balaban J connectivity index is 3.27. The molecule has 0 aliphatic carbocycles. The Hall–Kier alpha value is -1.28. The maximum atomic E-state index is 12.3. The summed E-state index contributed by atoms with van der Waals surface area (Å²) in [4.78, 5) is 9.51. The second-order valence-electron chi connectivity index (χ2n) is 3.14. The zero-order valence-corrected chi connectivity index (χ0v) is 10.4. The number of hydrogen-bond acceptors (Lipinski definition) is 4. The zero-order chi connectivity index (χ0) is 14.1. The van der Waals surface area contributed by atoms with Gasteiger partial charge in [0.15, 0.2) is 0 Å². The molecule has 1 rings (SSSR count). The minimum absolute atomic E-state index is 0.145. The van der Waals surface area contributed by atoms with E-state index in [1.54, 1.807) is 0 Å². The molecule has 0 aliphatic heterocycles. The minimum Gasteiger partial charge on any atom is -0.427 e. The molecule has 1 aromatic rings. The number of carbonyl (C=O) groups is 1. The Morgan fingerprint density at radius 3 is 2.28 bits per heavy atom. The summed E-state index contributed by atoms with van der Waals surface area (Å²) in [5.74, 6) is -0.855. The van der Waals surface area contributed by atoms with Gasteiger partial charge in [0.1, 0.15) is 5.75 Å². The molecular formula is C9H6ClF3O4S. The second kappa shape index (κ2) is 4.77. The molecule has 0 bridgehead atoms. The molecular weight excluding hydrogens is 297 g/mol. The van der Waals surface area contributed by atoms with Crippen LogP contribution in [0.15, 0.2) is 23.1 Å². The normalized spacial score (nSPS) is 12.3. The van der Waals surface area contributed by atoms with Crippen LogP contribution in [0.25, 0.3) is 0 Å². The molecule has 0 amide bonds. The van der Waals surface area contributed by atoms with E-state index >= 15 is 0 Å². The van der Waals surface area contributed by atoms with Crippen LogP contribution in [0, 0.1) is 0 Å². The summed E-state index contributed by atoms with van der Waals surface area (Å²) in [6.45, 7) is 1.08. The first-order chi connectivity index (χ1) is 8.05. The van der Waals surface area contributed by atoms with Crippen molar-refractivity contribution in [3.63, 3.8) is 0 Å². The smallest absolute Gasteiger partial charge is 0.427 e. The highest BCUT2D eigenvalue weighted by atomic mass is 35.5. The maximum absolute atomic E-state index is 12.3. The Morgan fingerprint density at radius 1 is 1.33 bits per heavy atom. The molecule has 0 saturated heterocycles. The van der Waals surface area contributed by atoms with Gasteiger partial charge in [-0.25, -0.2) is 8.42 Å². The molecule has 1 aromatic carbocycles. The lowest BCUT2D eigenvalue weighted by molar-refractivity contribution is -0.131. The van der Waals surface area contributed by atoms with Crippen LogP contribution in [0.1, 0.15) is 6.92 Å². The molecule has 0 aliphatic rings. The van der Waals surface area contributed by atoms with Crippen LogP contribution in [-0.2, 0) is 14.6 Å². The lowest BCUT2D eigenvalue weighted by atomic mass is 10.3. The van der Waals surface area contributed by atoms with Crippen LogP contribution in [0.5, 0.6) is 5.75 Å². The molecule has 0 fully saturated rings. The van der Waals surface area contributed by atoms with E-state index in [4.69, 9.17) is 11.6 Å². The topological polar surface area (TPSA) is 60.4 Å². The third-order valence-corrected chi connectivity index (χ3v) is 3.73. The molecule has 0 heterocycles. The van der Waals surface area contributed by atoms with Gasteiger partial charge in [-0.1, -0.05) is 11.6 Å². The summed E-state index contributed by atoms with van der Waals surface area (Å²) in [5.41, 5.74) is -5.44. The van der Waals surface area contributed by atoms with Crippen LogP contribution < -0.4 is 4.74 Å². The van der Waals surface area contributed by atoms with E-state index in [-0.39, 0.29) is 5.75 Å². The van der Waals surface area contributed by atoms with E-state index in [2.05, 4.69) is 4.74 Å². The lowest BCUT2D eigenvalue weighted by Crippen LogP contribution is -2.23. The first-order valence-corrected chi connectivity index (χ1v) is 6.21. The van der Waals surface area contributed by atoms with Gasteiger partial charge in [-0.15, -0.1) is 0 Å². The molecule has 0 N–H and O–H groups in total. The lowest BCUT2D eigenvalue weighted by Gasteiger charge is -2.10. The van der Waals surface area contributed by atoms with Crippen molar-refractivity contribution in [2.75, 3.05) is 0 Å². The predicted molar refractivity (Wildman–Crippen MR) is 56.0 cm³/mol. The van der Waals surface area contributed by atoms with E-state index in [9.17, 15) is 26.4 Å². The number of benzene rings is 1. The second-order valence-corrected chi connectivity index (χ2v) is 5.45. The minimum atomic E-state index is -5.52. The van der Waals surface area contributed by atoms with Gasteiger partial charge >= 0.3 is 11.5 Å². The Labute approximate surface area is 105 Å². The average molecular weight is 303 g/mol. The average Bonchev–Trinajstić information content (AvgIpc) is 2.13. The van der Waals surface area contributed by atoms with E-state index in [0.717, 1.165) is 19.1 Å². The first-order valence-electron chi connectivity index (χ1n) is 4.35. The van der Waals surface area contributed by atoms with Gasteiger partial charge in [0, 0.05) is 13.0 Å². The highest BCUT2D eigenvalue weighted by Crippen LogP contribution is 2.35. The van der Waals surface area contributed by atoms with Crippen LogP contribution in [0.4, 0.5) is 13.2 Å². The molecule has 0 aromatic heterocycles. The fourth-order valence-electron chi connectivity index (χ4n) is 1.05. The van der Waals surface area contributed by atoms with Crippen molar-refractivity contribution >= 4 is 27.4 Å². The molecule has 18 heavy (non-hydrogen) atoms. The number of esters is 1. The van der Waals surface area contributed by atoms with Gasteiger partial charge in [-0.3, -0.25) is 4.79 Å². The molecule has 0 radical (unpaired) electrons. The van der Waals surface area contributed by atoms with Gasteiger partial charge in [0.05, 0.1) is 9.92 Å². The summed E-state index contributed by atoms with van der Waals surface area (Å²) in [6.07, 6.45) is 0. The molecule has 0 saturated carbocycles. The molecule has 0 unspecified atom stereocenters. The van der Waals surface area contributed by atoms with Gasteiger partial charge in [0.25, 0.3) is 9.84 Å². The van der Waals surface area contributed by atoms with Crippen LogP contribution in [0.2, 0.25) is 5.02 Å². The molecule has 4 nitrogen and oxygen atoms in total. The van der Waals surface area contributed by atoms with E-state index < -0.39 is 31.2 Å². The van der Waals surface area contributed by atoms with Crippen molar-refractivity contribution < 1.29 is 31.1 Å². The standard InChI is InChI=1S/C9H6ClF3O4S/c1-5(14)17-6-2-3-8(7(10)4-6)18(15,16)9(11,12)13/h2-4H,1H3. The van der Waals surface area contributed by atoms with Crippen molar-refractivity contribution in [3.8, 4) is 5.75 Å². The van der Waals surface area contributed by atoms with Crippen molar-refractivity contribution in [1.82, 2.24) is 0 Å². The van der Waals surface area contributed by atoms with Crippen molar-refractivity contribution in [3.05, 3.63) is 23.2 Å². The number of alkyl halides is 3. The summed E-state index contributed by atoms with van der Waals surface area (Å²) in [7, 11) is -5.52. The number of rotatable bonds is 2.